The lowest BCUT2D eigenvalue weighted by molar-refractivity contribution is 0.246. The lowest BCUT2D eigenvalue weighted by atomic mass is 9.93. The van der Waals surface area contributed by atoms with Gasteiger partial charge < -0.3 is 15.7 Å². The first-order chi connectivity index (χ1) is 10.8. The van der Waals surface area contributed by atoms with Crippen LogP contribution in [0.2, 0.25) is 0 Å². The Balaban J connectivity index is 1.68. The molecule has 0 bridgehead atoms. The van der Waals surface area contributed by atoms with Crippen LogP contribution in [-0.2, 0) is 13.0 Å². The van der Waals surface area contributed by atoms with E-state index in [-0.39, 0.29) is 18.7 Å². The van der Waals surface area contributed by atoms with Crippen molar-refractivity contribution < 1.29 is 9.90 Å². The maximum Gasteiger partial charge on any atom is 0.319 e. The van der Waals surface area contributed by atoms with Gasteiger partial charge in [0.25, 0.3) is 0 Å². The van der Waals surface area contributed by atoms with Crippen molar-refractivity contribution in [2.75, 3.05) is 11.9 Å². The number of aromatic nitrogens is 3. The number of nitrogens with one attached hydrogen (secondary N) is 2. The standard InChI is InChI=1S/C15H19N5O2/c21-9-8-20-14-3-1-2-13(12(14)10-17-20)19-15(22)18-11-4-6-16-7-5-11/h4-7,10,13,21H,1-3,8-9H2,(H2,16,18,19,22). The van der Waals surface area contributed by atoms with E-state index in [1.54, 1.807) is 30.7 Å². The van der Waals surface area contributed by atoms with E-state index in [1.165, 1.54) is 0 Å². The fourth-order valence-corrected chi connectivity index (χ4v) is 2.82. The number of aliphatic hydroxyl groups excluding tert-OH is 1. The molecule has 3 N–H and O–H groups in total. The molecule has 0 saturated heterocycles. The van der Waals surface area contributed by atoms with E-state index >= 15 is 0 Å². The Hall–Kier alpha value is -2.41. The SMILES string of the molecule is O=C(Nc1ccncc1)NC1CCCc2c1cnn2CCO. The largest absolute Gasteiger partial charge is 0.394 e. The molecule has 7 heteroatoms. The quantitative estimate of drug-likeness (QED) is 0.797. The normalized spacial score (nSPS) is 16.9. The maximum absolute atomic E-state index is 12.1. The first-order valence-corrected chi connectivity index (χ1v) is 7.41. The molecule has 2 amide bonds. The van der Waals surface area contributed by atoms with Crippen LogP contribution >= 0.6 is 0 Å². The zero-order valence-corrected chi connectivity index (χ0v) is 12.2. The first-order valence-electron chi connectivity index (χ1n) is 7.41. The molecule has 7 nitrogen and oxygen atoms in total. The Bertz CT molecular complexity index is 641. The van der Waals surface area contributed by atoms with E-state index in [2.05, 4.69) is 20.7 Å². The molecule has 0 aliphatic heterocycles. The Morgan fingerprint density at radius 1 is 1.41 bits per heavy atom. The molecule has 0 saturated carbocycles. The van der Waals surface area contributed by atoms with Crippen LogP contribution in [0.15, 0.2) is 30.7 Å². The monoisotopic (exact) mass is 301 g/mol. The van der Waals surface area contributed by atoms with Crippen LogP contribution in [0.25, 0.3) is 0 Å². The van der Waals surface area contributed by atoms with Crippen LogP contribution in [-0.4, -0.2) is 32.5 Å². The number of hydrogen-bond donors (Lipinski definition) is 3. The summed E-state index contributed by atoms with van der Waals surface area (Å²) in [6.45, 7) is 0.556. The predicted octanol–water partition coefficient (Wildman–Crippen LogP) is 1.47. The van der Waals surface area contributed by atoms with Gasteiger partial charge >= 0.3 is 6.03 Å². The summed E-state index contributed by atoms with van der Waals surface area (Å²) in [6, 6.07) is 3.20. The number of anilines is 1. The molecule has 0 radical (unpaired) electrons. The second-order valence-electron chi connectivity index (χ2n) is 5.27. The zero-order valence-electron chi connectivity index (χ0n) is 12.2. The number of pyridine rings is 1. The van der Waals surface area contributed by atoms with Gasteiger partial charge in [-0.2, -0.15) is 5.10 Å². The molecule has 0 aromatic carbocycles. The third-order valence-corrected chi connectivity index (χ3v) is 3.82. The van der Waals surface area contributed by atoms with Crippen molar-refractivity contribution in [1.82, 2.24) is 20.1 Å². The summed E-state index contributed by atoms with van der Waals surface area (Å²) in [6.07, 6.45) is 7.87. The molecule has 1 aliphatic carbocycles. The van der Waals surface area contributed by atoms with Crippen LogP contribution in [0, 0.1) is 0 Å². The van der Waals surface area contributed by atoms with Crippen molar-refractivity contribution in [3.8, 4) is 0 Å². The number of amides is 2. The number of urea groups is 1. The Morgan fingerprint density at radius 3 is 3.00 bits per heavy atom. The van der Waals surface area contributed by atoms with Gasteiger partial charge in [-0.1, -0.05) is 0 Å². The van der Waals surface area contributed by atoms with Gasteiger partial charge in [0.2, 0.25) is 0 Å². The van der Waals surface area contributed by atoms with E-state index in [0.717, 1.165) is 30.5 Å². The molecule has 1 aliphatic rings. The number of carbonyl (C=O) groups is 1. The van der Waals surface area contributed by atoms with Crippen molar-refractivity contribution in [1.29, 1.82) is 0 Å². The predicted molar refractivity (Wildman–Crippen MR) is 81.4 cm³/mol. The average molecular weight is 301 g/mol. The molecule has 116 valence electrons. The summed E-state index contributed by atoms with van der Waals surface area (Å²) in [5.74, 6) is 0. The summed E-state index contributed by atoms with van der Waals surface area (Å²) >= 11 is 0. The Labute approximate surface area is 128 Å². The lowest BCUT2D eigenvalue weighted by Crippen LogP contribution is -2.34. The van der Waals surface area contributed by atoms with Gasteiger partial charge in [0.1, 0.15) is 0 Å². The summed E-state index contributed by atoms with van der Waals surface area (Å²) in [5.41, 5.74) is 2.86. The van der Waals surface area contributed by atoms with Gasteiger partial charge in [0.05, 0.1) is 25.4 Å². The van der Waals surface area contributed by atoms with Crippen LogP contribution in [0.3, 0.4) is 0 Å². The molecule has 22 heavy (non-hydrogen) atoms. The second-order valence-corrected chi connectivity index (χ2v) is 5.27. The fraction of sp³-hybridized carbons (Fsp3) is 0.400. The summed E-state index contributed by atoms with van der Waals surface area (Å²) in [5, 5.41) is 19.2. The molecule has 0 spiro atoms. The van der Waals surface area contributed by atoms with Crippen LogP contribution in [0.4, 0.5) is 10.5 Å². The third-order valence-electron chi connectivity index (χ3n) is 3.82. The van der Waals surface area contributed by atoms with Crippen molar-refractivity contribution in [3.63, 3.8) is 0 Å². The highest BCUT2D eigenvalue weighted by atomic mass is 16.3. The van der Waals surface area contributed by atoms with Gasteiger partial charge in [0, 0.05) is 29.3 Å². The van der Waals surface area contributed by atoms with Gasteiger partial charge in [-0.25, -0.2) is 4.79 Å². The summed E-state index contributed by atoms with van der Waals surface area (Å²) in [7, 11) is 0. The molecule has 2 aromatic rings. The molecule has 1 unspecified atom stereocenters. The smallest absolute Gasteiger partial charge is 0.319 e. The number of carbonyl (C=O) groups excluding carboxylic acids is 1. The van der Waals surface area contributed by atoms with E-state index in [0.29, 0.717) is 12.2 Å². The van der Waals surface area contributed by atoms with E-state index < -0.39 is 0 Å². The second kappa shape index (κ2) is 6.57. The van der Waals surface area contributed by atoms with Gasteiger partial charge in [-0.15, -0.1) is 0 Å². The fourth-order valence-electron chi connectivity index (χ4n) is 2.82. The average Bonchev–Trinajstić information content (AvgIpc) is 2.93. The number of fused-ring (bicyclic) bond motifs is 1. The highest BCUT2D eigenvalue weighted by Crippen LogP contribution is 2.29. The summed E-state index contributed by atoms with van der Waals surface area (Å²) in [4.78, 5) is 16.0. The van der Waals surface area contributed by atoms with Gasteiger partial charge in [-0.3, -0.25) is 9.67 Å². The van der Waals surface area contributed by atoms with Crippen molar-refractivity contribution in [2.45, 2.75) is 31.8 Å². The molecule has 3 rings (SSSR count). The summed E-state index contributed by atoms with van der Waals surface area (Å²) < 4.78 is 1.82. The van der Waals surface area contributed by atoms with E-state index in [4.69, 9.17) is 5.11 Å². The van der Waals surface area contributed by atoms with Crippen LogP contribution in [0.1, 0.15) is 30.1 Å². The van der Waals surface area contributed by atoms with Crippen LogP contribution < -0.4 is 10.6 Å². The zero-order chi connectivity index (χ0) is 15.4. The van der Waals surface area contributed by atoms with E-state index in [9.17, 15) is 4.79 Å². The Kier molecular flexibility index (Phi) is 4.34. The van der Waals surface area contributed by atoms with Crippen molar-refractivity contribution in [2.24, 2.45) is 0 Å². The van der Waals surface area contributed by atoms with Crippen molar-refractivity contribution in [3.05, 3.63) is 42.0 Å². The Morgan fingerprint density at radius 2 is 2.23 bits per heavy atom. The minimum Gasteiger partial charge on any atom is -0.394 e. The minimum absolute atomic E-state index is 0.0435. The minimum atomic E-state index is -0.237. The third kappa shape index (κ3) is 3.09. The molecule has 2 aromatic heterocycles. The van der Waals surface area contributed by atoms with E-state index in [1.807, 2.05) is 4.68 Å². The molecule has 0 fully saturated rings. The number of nitrogens with zero attached hydrogens (tertiary/aromatic N) is 3. The maximum atomic E-state index is 12.1. The first kappa shape index (κ1) is 14.5. The lowest BCUT2D eigenvalue weighted by Gasteiger charge is -2.24. The number of aliphatic hydroxyl groups is 1. The van der Waals surface area contributed by atoms with Crippen molar-refractivity contribution >= 4 is 11.7 Å². The molecule has 1 atom stereocenters. The number of rotatable bonds is 4. The van der Waals surface area contributed by atoms with Gasteiger partial charge in [-0.05, 0) is 31.4 Å². The molecular formula is C15H19N5O2. The van der Waals surface area contributed by atoms with Crippen LogP contribution in [0.5, 0.6) is 0 Å². The highest BCUT2D eigenvalue weighted by molar-refractivity contribution is 5.89. The molecular weight excluding hydrogens is 282 g/mol. The highest BCUT2D eigenvalue weighted by Gasteiger charge is 2.25. The molecule has 2 heterocycles. The van der Waals surface area contributed by atoms with Gasteiger partial charge in [0.15, 0.2) is 0 Å². The number of hydrogen-bond acceptors (Lipinski definition) is 4. The topological polar surface area (TPSA) is 92.1 Å².